The Morgan fingerprint density at radius 2 is 1.41 bits per heavy atom. The van der Waals surface area contributed by atoms with Crippen LogP contribution >= 0.6 is 0 Å². The Labute approximate surface area is 167 Å². The molecule has 0 radical (unpaired) electrons. The Morgan fingerprint density at radius 1 is 0.759 bits per heavy atom. The zero-order chi connectivity index (χ0) is 19.6. The quantitative estimate of drug-likeness (QED) is 0.419. The van der Waals surface area contributed by atoms with Gasteiger partial charge in [0.1, 0.15) is 11.6 Å². The molecular weight excluding hydrogens is 363 g/mol. The Kier molecular flexibility index (Phi) is 4.26. The third-order valence-electron chi connectivity index (χ3n) is 4.74. The maximum Gasteiger partial charge on any atom is 0.165 e. The summed E-state index contributed by atoms with van der Waals surface area (Å²) in [5.74, 6) is 0.480. The van der Waals surface area contributed by atoms with Crippen LogP contribution in [0.25, 0.3) is 28.0 Å². The lowest BCUT2D eigenvalue weighted by Crippen LogP contribution is -2.02. The summed E-state index contributed by atoms with van der Waals surface area (Å²) in [6.07, 6.45) is 1.82. The van der Waals surface area contributed by atoms with Gasteiger partial charge in [-0.3, -0.25) is 0 Å². The first-order valence-electron chi connectivity index (χ1n) is 9.30. The summed E-state index contributed by atoms with van der Waals surface area (Å²) in [6.45, 7) is 0. The molecule has 29 heavy (non-hydrogen) atoms. The van der Waals surface area contributed by atoms with E-state index in [0.29, 0.717) is 0 Å². The van der Waals surface area contributed by atoms with Gasteiger partial charge in [-0.2, -0.15) is 9.61 Å². The van der Waals surface area contributed by atoms with Crippen LogP contribution in [0, 0.1) is 5.82 Å². The van der Waals surface area contributed by atoms with E-state index in [9.17, 15) is 4.39 Å². The van der Waals surface area contributed by atoms with Crippen molar-refractivity contribution in [2.45, 2.75) is 0 Å². The van der Waals surface area contributed by atoms with E-state index in [1.165, 1.54) is 12.1 Å². The minimum absolute atomic E-state index is 0.272. The van der Waals surface area contributed by atoms with Crippen LogP contribution in [-0.2, 0) is 0 Å². The number of nitrogens with zero attached hydrogens (tertiary/aromatic N) is 3. The van der Waals surface area contributed by atoms with Gasteiger partial charge >= 0.3 is 0 Å². The largest absolute Gasteiger partial charge is 0.340 e. The van der Waals surface area contributed by atoms with Crippen molar-refractivity contribution in [1.82, 2.24) is 14.6 Å². The van der Waals surface area contributed by atoms with Gasteiger partial charge in [0, 0.05) is 22.9 Å². The average molecular weight is 380 g/mol. The summed E-state index contributed by atoms with van der Waals surface area (Å²) in [7, 11) is 0. The fraction of sp³-hybridized carbons (Fsp3) is 0. The van der Waals surface area contributed by atoms with Gasteiger partial charge in [0.05, 0.1) is 11.9 Å². The number of fused-ring (bicyclic) bond motifs is 1. The molecule has 0 aliphatic carbocycles. The van der Waals surface area contributed by atoms with Crippen molar-refractivity contribution in [2.75, 3.05) is 5.32 Å². The van der Waals surface area contributed by atoms with Crippen molar-refractivity contribution in [3.05, 3.63) is 103 Å². The Hall–Kier alpha value is -3.99. The van der Waals surface area contributed by atoms with Gasteiger partial charge in [-0.05, 0) is 29.8 Å². The highest BCUT2D eigenvalue weighted by Crippen LogP contribution is 2.30. The summed E-state index contributed by atoms with van der Waals surface area (Å²) in [4.78, 5) is 4.90. The van der Waals surface area contributed by atoms with Gasteiger partial charge in [0.15, 0.2) is 5.65 Å². The molecule has 3 aromatic carbocycles. The van der Waals surface area contributed by atoms with Crippen molar-refractivity contribution >= 4 is 17.2 Å². The van der Waals surface area contributed by atoms with Gasteiger partial charge in [0.2, 0.25) is 0 Å². The van der Waals surface area contributed by atoms with Crippen molar-refractivity contribution in [3.63, 3.8) is 0 Å². The monoisotopic (exact) mass is 380 g/mol. The van der Waals surface area contributed by atoms with Gasteiger partial charge in [-0.25, -0.2) is 9.37 Å². The van der Waals surface area contributed by atoms with Crippen molar-refractivity contribution in [1.29, 1.82) is 0 Å². The van der Waals surface area contributed by atoms with E-state index in [1.807, 2.05) is 72.9 Å². The molecule has 2 heterocycles. The molecule has 0 aliphatic heterocycles. The third-order valence-corrected chi connectivity index (χ3v) is 4.74. The van der Waals surface area contributed by atoms with Crippen LogP contribution in [0.3, 0.4) is 0 Å². The maximum atomic E-state index is 13.3. The minimum Gasteiger partial charge on any atom is -0.340 e. The fourth-order valence-corrected chi connectivity index (χ4v) is 3.31. The lowest BCUT2D eigenvalue weighted by Gasteiger charge is -2.11. The Morgan fingerprint density at radius 3 is 2.10 bits per heavy atom. The van der Waals surface area contributed by atoms with Crippen LogP contribution < -0.4 is 5.32 Å². The van der Waals surface area contributed by atoms with Crippen LogP contribution in [0.5, 0.6) is 0 Å². The molecule has 5 rings (SSSR count). The SMILES string of the molecule is Fc1ccc(Nc2cc(-c3ccccc3)nc3c(-c4ccccc4)cnn23)cc1. The van der Waals surface area contributed by atoms with E-state index in [1.54, 1.807) is 16.6 Å². The van der Waals surface area contributed by atoms with Crippen LogP contribution in [0.2, 0.25) is 0 Å². The minimum atomic E-state index is -0.272. The first-order valence-corrected chi connectivity index (χ1v) is 9.30. The number of nitrogens with one attached hydrogen (secondary N) is 1. The fourth-order valence-electron chi connectivity index (χ4n) is 3.31. The molecule has 1 N–H and O–H groups in total. The van der Waals surface area contributed by atoms with E-state index in [-0.39, 0.29) is 5.82 Å². The zero-order valence-corrected chi connectivity index (χ0v) is 15.5. The van der Waals surface area contributed by atoms with Gasteiger partial charge < -0.3 is 5.32 Å². The highest BCUT2D eigenvalue weighted by molar-refractivity contribution is 5.81. The smallest absolute Gasteiger partial charge is 0.165 e. The summed E-state index contributed by atoms with van der Waals surface area (Å²) < 4.78 is 15.1. The van der Waals surface area contributed by atoms with E-state index in [2.05, 4.69) is 10.4 Å². The number of rotatable bonds is 4. The Bertz CT molecular complexity index is 1260. The highest BCUT2D eigenvalue weighted by Gasteiger charge is 2.14. The van der Waals surface area contributed by atoms with Gasteiger partial charge in [0.25, 0.3) is 0 Å². The second kappa shape index (κ2) is 7.20. The number of aromatic nitrogens is 3. The predicted molar refractivity (Wildman–Crippen MR) is 114 cm³/mol. The molecule has 5 aromatic rings. The summed E-state index contributed by atoms with van der Waals surface area (Å²) in [5.41, 5.74) is 5.37. The second-order valence-electron chi connectivity index (χ2n) is 6.68. The molecule has 0 saturated carbocycles. The molecule has 4 nitrogen and oxygen atoms in total. The molecule has 0 atom stereocenters. The summed E-state index contributed by atoms with van der Waals surface area (Å²) in [6, 6.07) is 28.3. The van der Waals surface area contributed by atoms with Crippen molar-refractivity contribution in [2.24, 2.45) is 0 Å². The van der Waals surface area contributed by atoms with Crippen molar-refractivity contribution < 1.29 is 4.39 Å². The summed E-state index contributed by atoms with van der Waals surface area (Å²) in [5, 5.41) is 7.90. The average Bonchev–Trinajstić information content (AvgIpc) is 3.21. The first-order chi connectivity index (χ1) is 14.3. The van der Waals surface area contributed by atoms with Crippen LogP contribution in [0.4, 0.5) is 15.9 Å². The highest BCUT2D eigenvalue weighted by atomic mass is 19.1. The number of hydrogen-bond acceptors (Lipinski definition) is 3. The molecule has 0 spiro atoms. The molecule has 0 unspecified atom stereocenters. The topological polar surface area (TPSA) is 42.2 Å². The van der Waals surface area contributed by atoms with Gasteiger partial charge in [-0.15, -0.1) is 0 Å². The van der Waals surface area contributed by atoms with E-state index in [4.69, 9.17) is 4.98 Å². The molecule has 2 aromatic heterocycles. The Balaban J connectivity index is 1.70. The van der Waals surface area contributed by atoms with E-state index < -0.39 is 0 Å². The normalized spacial score (nSPS) is 10.9. The zero-order valence-electron chi connectivity index (χ0n) is 15.5. The third kappa shape index (κ3) is 3.34. The van der Waals surface area contributed by atoms with E-state index in [0.717, 1.165) is 39.5 Å². The maximum absolute atomic E-state index is 13.3. The molecule has 140 valence electrons. The van der Waals surface area contributed by atoms with Crippen LogP contribution in [0.1, 0.15) is 0 Å². The standard InChI is InChI=1S/C24H17FN4/c25-19-11-13-20(14-12-19)27-23-15-22(18-9-5-2-6-10-18)28-24-21(16-26-29(23)24)17-7-3-1-4-8-17/h1-16,27H. The number of benzene rings is 3. The van der Waals surface area contributed by atoms with Gasteiger partial charge in [-0.1, -0.05) is 60.7 Å². The predicted octanol–water partition coefficient (Wildman–Crippen LogP) is 5.95. The van der Waals surface area contributed by atoms with Crippen LogP contribution in [-0.4, -0.2) is 14.6 Å². The number of anilines is 2. The first kappa shape index (κ1) is 17.1. The second-order valence-corrected chi connectivity index (χ2v) is 6.68. The van der Waals surface area contributed by atoms with Crippen LogP contribution in [0.15, 0.2) is 97.2 Å². The van der Waals surface area contributed by atoms with Crippen molar-refractivity contribution in [3.8, 4) is 22.4 Å². The molecular formula is C24H17FN4. The molecule has 0 amide bonds. The number of hydrogen-bond donors (Lipinski definition) is 1. The molecule has 0 saturated heterocycles. The molecule has 0 fully saturated rings. The molecule has 0 bridgehead atoms. The summed E-state index contributed by atoms with van der Waals surface area (Å²) >= 11 is 0. The molecule has 0 aliphatic rings. The lowest BCUT2D eigenvalue weighted by molar-refractivity contribution is 0.628. The number of halogens is 1. The molecule has 5 heteroatoms. The van der Waals surface area contributed by atoms with E-state index >= 15 is 0 Å². The lowest BCUT2D eigenvalue weighted by atomic mass is 10.1.